The molecule has 1 heterocycles. The number of hydrogen-bond donors (Lipinski definition) is 1. The van der Waals surface area contributed by atoms with Crippen LogP contribution in [0.4, 0.5) is 0 Å². The Bertz CT molecular complexity index is 446. The van der Waals surface area contributed by atoms with E-state index in [2.05, 4.69) is 20.7 Å². The summed E-state index contributed by atoms with van der Waals surface area (Å²) in [5.74, 6) is 0.370. The van der Waals surface area contributed by atoms with Crippen molar-refractivity contribution in [2.75, 3.05) is 20.3 Å². The summed E-state index contributed by atoms with van der Waals surface area (Å²) in [4.78, 5) is 11.2. The first-order valence-electron chi connectivity index (χ1n) is 4.98. The molecule has 1 N–H and O–H groups in total. The van der Waals surface area contributed by atoms with Crippen molar-refractivity contribution in [1.29, 1.82) is 0 Å². The van der Waals surface area contributed by atoms with Crippen LogP contribution in [0.5, 0.6) is 11.5 Å². The number of methoxy groups -OCH3 is 1. The van der Waals surface area contributed by atoms with Gasteiger partial charge in [0.15, 0.2) is 17.6 Å². The number of benzene rings is 1. The number of carbonyl (C=O) groups is 1. The molecule has 17 heavy (non-hydrogen) atoms. The minimum absolute atomic E-state index is 0.396. The number of hydrogen-bond acceptors (Lipinski definition) is 5. The number of carbonyl (C=O) groups excluding carboxylic acids is 1. The Labute approximate surface area is 106 Å². The van der Waals surface area contributed by atoms with E-state index in [-0.39, 0.29) is 0 Å². The fourth-order valence-corrected chi connectivity index (χ4v) is 2.11. The monoisotopic (exact) mass is 302 g/mol. The van der Waals surface area contributed by atoms with Crippen molar-refractivity contribution < 1.29 is 24.1 Å². The lowest BCUT2D eigenvalue weighted by atomic mass is 10.1. The van der Waals surface area contributed by atoms with E-state index in [9.17, 15) is 9.90 Å². The molecular formula is C11H11BrO5. The van der Waals surface area contributed by atoms with Crippen molar-refractivity contribution in [3.05, 3.63) is 22.2 Å². The summed E-state index contributed by atoms with van der Waals surface area (Å²) in [7, 11) is 1.22. The zero-order valence-electron chi connectivity index (χ0n) is 9.10. The van der Waals surface area contributed by atoms with Crippen LogP contribution in [0.3, 0.4) is 0 Å². The Morgan fingerprint density at radius 3 is 2.88 bits per heavy atom. The van der Waals surface area contributed by atoms with Crippen LogP contribution in [0.25, 0.3) is 0 Å². The van der Waals surface area contributed by atoms with Gasteiger partial charge in [-0.1, -0.05) is 0 Å². The molecule has 92 valence electrons. The van der Waals surface area contributed by atoms with Crippen molar-refractivity contribution in [3.63, 3.8) is 0 Å². The molecule has 0 bridgehead atoms. The van der Waals surface area contributed by atoms with Crippen LogP contribution in [0, 0.1) is 0 Å². The SMILES string of the molecule is COC(=O)C(O)c1cc(Br)c2c(c1)OCCO2. The van der Waals surface area contributed by atoms with Gasteiger partial charge in [-0.2, -0.15) is 0 Å². The second kappa shape index (κ2) is 4.93. The van der Waals surface area contributed by atoms with E-state index >= 15 is 0 Å². The van der Waals surface area contributed by atoms with Crippen molar-refractivity contribution >= 4 is 21.9 Å². The summed E-state index contributed by atoms with van der Waals surface area (Å²) < 4.78 is 15.9. The van der Waals surface area contributed by atoms with E-state index in [0.29, 0.717) is 34.7 Å². The Kier molecular flexibility index (Phi) is 3.54. The predicted molar refractivity (Wildman–Crippen MR) is 62.1 cm³/mol. The fourth-order valence-electron chi connectivity index (χ4n) is 1.54. The Morgan fingerprint density at radius 2 is 2.18 bits per heavy atom. The molecule has 0 fully saturated rings. The number of esters is 1. The van der Waals surface area contributed by atoms with E-state index in [0.717, 1.165) is 0 Å². The normalized spacial score (nSPS) is 15.2. The van der Waals surface area contributed by atoms with Crippen molar-refractivity contribution in [2.24, 2.45) is 0 Å². The van der Waals surface area contributed by atoms with Crippen molar-refractivity contribution in [2.45, 2.75) is 6.10 Å². The first-order chi connectivity index (χ1) is 8.13. The molecule has 1 unspecified atom stereocenters. The number of halogens is 1. The topological polar surface area (TPSA) is 65.0 Å². The summed E-state index contributed by atoms with van der Waals surface area (Å²) in [5.41, 5.74) is 0.396. The Morgan fingerprint density at radius 1 is 1.47 bits per heavy atom. The van der Waals surface area contributed by atoms with Gasteiger partial charge < -0.3 is 19.3 Å². The molecule has 2 rings (SSSR count). The Hall–Kier alpha value is -1.27. The molecule has 0 amide bonds. The summed E-state index contributed by atoms with van der Waals surface area (Å²) in [6.45, 7) is 0.918. The van der Waals surface area contributed by atoms with E-state index in [1.807, 2.05) is 0 Å². The highest BCUT2D eigenvalue weighted by Crippen LogP contribution is 2.39. The maximum atomic E-state index is 11.2. The number of fused-ring (bicyclic) bond motifs is 1. The number of aliphatic hydroxyl groups excluding tert-OH is 1. The average molecular weight is 303 g/mol. The highest BCUT2D eigenvalue weighted by Gasteiger charge is 2.23. The van der Waals surface area contributed by atoms with Crippen molar-refractivity contribution in [3.8, 4) is 11.5 Å². The highest BCUT2D eigenvalue weighted by molar-refractivity contribution is 9.10. The molecule has 1 aromatic carbocycles. The molecule has 1 aliphatic heterocycles. The van der Waals surface area contributed by atoms with Gasteiger partial charge in [-0.25, -0.2) is 4.79 Å². The molecule has 1 aromatic rings. The van der Waals surface area contributed by atoms with Crippen LogP contribution >= 0.6 is 15.9 Å². The molecule has 6 heteroatoms. The largest absolute Gasteiger partial charge is 0.486 e. The summed E-state index contributed by atoms with van der Waals surface area (Å²) >= 11 is 3.30. The van der Waals surface area contributed by atoms with Crippen LogP contribution in [0.15, 0.2) is 16.6 Å². The molecule has 1 atom stereocenters. The predicted octanol–water partition coefficient (Wildman–Crippen LogP) is 1.43. The van der Waals surface area contributed by atoms with E-state index in [1.54, 1.807) is 12.1 Å². The molecule has 0 aromatic heterocycles. The molecule has 0 radical (unpaired) electrons. The van der Waals surface area contributed by atoms with Crippen LogP contribution in [0.2, 0.25) is 0 Å². The molecule has 5 nitrogen and oxygen atoms in total. The molecule has 1 aliphatic rings. The molecule has 0 aliphatic carbocycles. The van der Waals surface area contributed by atoms with Gasteiger partial charge in [0.05, 0.1) is 11.6 Å². The molecule has 0 saturated heterocycles. The van der Waals surface area contributed by atoms with Crippen LogP contribution in [-0.4, -0.2) is 31.4 Å². The Balaban J connectivity index is 2.37. The van der Waals surface area contributed by atoms with Crippen molar-refractivity contribution in [1.82, 2.24) is 0 Å². The van der Waals surface area contributed by atoms with Gasteiger partial charge in [0.25, 0.3) is 0 Å². The van der Waals surface area contributed by atoms with Crippen LogP contribution < -0.4 is 9.47 Å². The van der Waals surface area contributed by atoms with Gasteiger partial charge in [0.2, 0.25) is 0 Å². The lowest BCUT2D eigenvalue weighted by molar-refractivity contribution is -0.150. The third-order valence-electron chi connectivity index (χ3n) is 2.36. The van der Waals surface area contributed by atoms with Crippen LogP contribution in [0.1, 0.15) is 11.7 Å². The van der Waals surface area contributed by atoms with Gasteiger partial charge in [-0.3, -0.25) is 0 Å². The van der Waals surface area contributed by atoms with E-state index in [1.165, 1.54) is 7.11 Å². The standard InChI is InChI=1S/C11H11BrO5/c1-15-11(14)9(13)6-4-7(12)10-8(5-6)16-2-3-17-10/h4-5,9,13H,2-3H2,1H3. The zero-order chi connectivity index (χ0) is 12.4. The molecule has 0 saturated carbocycles. The number of rotatable bonds is 2. The van der Waals surface area contributed by atoms with Gasteiger partial charge >= 0.3 is 5.97 Å². The van der Waals surface area contributed by atoms with Gasteiger partial charge in [0, 0.05) is 0 Å². The fraction of sp³-hybridized carbons (Fsp3) is 0.364. The summed E-state index contributed by atoms with van der Waals surface area (Å²) in [6, 6.07) is 3.18. The maximum Gasteiger partial charge on any atom is 0.339 e. The summed E-state index contributed by atoms with van der Waals surface area (Å²) in [6.07, 6.45) is -1.33. The first-order valence-corrected chi connectivity index (χ1v) is 5.77. The summed E-state index contributed by atoms with van der Waals surface area (Å²) in [5, 5.41) is 9.72. The second-order valence-corrected chi connectivity index (χ2v) is 4.31. The van der Waals surface area contributed by atoms with E-state index < -0.39 is 12.1 Å². The number of ether oxygens (including phenoxy) is 3. The quantitative estimate of drug-likeness (QED) is 0.837. The smallest absolute Gasteiger partial charge is 0.339 e. The van der Waals surface area contributed by atoms with Crippen LogP contribution in [-0.2, 0) is 9.53 Å². The van der Waals surface area contributed by atoms with Gasteiger partial charge in [-0.05, 0) is 33.6 Å². The number of aliphatic hydroxyl groups is 1. The third kappa shape index (κ3) is 2.37. The molecule has 0 spiro atoms. The lowest BCUT2D eigenvalue weighted by Gasteiger charge is -2.21. The van der Waals surface area contributed by atoms with Gasteiger partial charge in [-0.15, -0.1) is 0 Å². The first kappa shape index (κ1) is 12.2. The second-order valence-electron chi connectivity index (χ2n) is 3.45. The van der Waals surface area contributed by atoms with E-state index in [4.69, 9.17) is 9.47 Å². The third-order valence-corrected chi connectivity index (χ3v) is 2.95. The maximum absolute atomic E-state index is 11.2. The average Bonchev–Trinajstić information content (AvgIpc) is 2.37. The minimum atomic E-state index is -1.33. The highest BCUT2D eigenvalue weighted by atomic mass is 79.9. The lowest BCUT2D eigenvalue weighted by Crippen LogP contribution is -2.18. The zero-order valence-corrected chi connectivity index (χ0v) is 10.7. The molecular weight excluding hydrogens is 292 g/mol. The minimum Gasteiger partial charge on any atom is -0.486 e. The van der Waals surface area contributed by atoms with Gasteiger partial charge in [0.1, 0.15) is 13.2 Å².